The summed E-state index contributed by atoms with van der Waals surface area (Å²) in [7, 11) is 1.31. The number of aromatic nitrogens is 1. The van der Waals surface area contributed by atoms with Gasteiger partial charge in [0.05, 0.1) is 12.7 Å². The minimum absolute atomic E-state index is 0.229. The Morgan fingerprint density at radius 1 is 1.12 bits per heavy atom. The molecule has 0 unspecified atom stereocenters. The summed E-state index contributed by atoms with van der Waals surface area (Å²) in [6.45, 7) is 9.48. The maximum atomic E-state index is 12.5. The highest BCUT2D eigenvalue weighted by atomic mass is 16.6. The van der Waals surface area contributed by atoms with Gasteiger partial charge in [-0.3, -0.25) is 4.79 Å². The monoisotopic (exact) mass is 367 g/mol. The number of hydrogen-bond acceptors (Lipinski definition) is 5. The van der Waals surface area contributed by atoms with Gasteiger partial charge in [-0.05, 0) is 39.7 Å². The third-order valence-corrected chi connectivity index (χ3v) is 3.49. The fourth-order valence-electron chi connectivity index (χ4n) is 2.49. The van der Waals surface area contributed by atoms with Crippen LogP contribution in [0.5, 0.6) is 0 Å². The van der Waals surface area contributed by atoms with E-state index in [0.29, 0.717) is 28.9 Å². The third kappa shape index (κ3) is 6.09. The SMILES string of the molecule is CCCc1c(C(=O)NCCNC(=O)OC(C)(C)C)[nH]c(C)c1C(=O)OC. The molecule has 1 aromatic heterocycles. The molecule has 0 spiro atoms. The molecule has 26 heavy (non-hydrogen) atoms. The first-order valence-electron chi connectivity index (χ1n) is 8.65. The van der Waals surface area contributed by atoms with Gasteiger partial charge in [-0.15, -0.1) is 0 Å². The molecule has 1 rings (SSSR count). The van der Waals surface area contributed by atoms with E-state index in [4.69, 9.17) is 9.47 Å². The first-order valence-corrected chi connectivity index (χ1v) is 8.65. The lowest BCUT2D eigenvalue weighted by atomic mass is 10.0. The Balaban J connectivity index is 2.70. The number of ether oxygens (including phenoxy) is 2. The fourth-order valence-corrected chi connectivity index (χ4v) is 2.49. The van der Waals surface area contributed by atoms with Crippen molar-refractivity contribution < 1.29 is 23.9 Å². The van der Waals surface area contributed by atoms with Crippen LogP contribution >= 0.6 is 0 Å². The van der Waals surface area contributed by atoms with Gasteiger partial charge in [0.25, 0.3) is 5.91 Å². The van der Waals surface area contributed by atoms with E-state index in [1.165, 1.54) is 7.11 Å². The minimum atomic E-state index is -0.575. The Kier molecular flexibility index (Phi) is 7.67. The number of hydrogen-bond donors (Lipinski definition) is 3. The predicted octanol–water partition coefficient (Wildman–Crippen LogP) is 2.32. The van der Waals surface area contributed by atoms with Gasteiger partial charge < -0.3 is 25.1 Å². The number of rotatable bonds is 7. The highest BCUT2D eigenvalue weighted by Gasteiger charge is 2.24. The van der Waals surface area contributed by atoms with Gasteiger partial charge in [-0.1, -0.05) is 13.3 Å². The second-order valence-electron chi connectivity index (χ2n) is 6.90. The van der Waals surface area contributed by atoms with Gasteiger partial charge in [0.1, 0.15) is 11.3 Å². The molecular weight excluding hydrogens is 338 g/mol. The molecule has 0 saturated heterocycles. The Labute approximate surface area is 154 Å². The molecule has 8 heteroatoms. The highest BCUT2D eigenvalue weighted by molar-refractivity contribution is 6.00. The van der Waals surface area contributed by atoms with E-state index in [1.807, 2.05) is 6.92 Å². The second-order valence-corrected chi connectivity index (χ2v) is 6.90. The van der Waals surface area contributed by atoms with E-state index in [9.17, 15) is 14.4 Å². The number of aryl methyl sites for hydroxylation is 1. The summed E-state index contributed by atoms with van der Waals surface area (Å²) in [5.41, 5.74) is 1.43. The summed E-state index contributed by atoms with van der Waals surface area (Å²) in [6.07, 6.45) is 0.817. The number of carbonyl (C=O) groups excluding carboxylic acids is 3. The van der Waals surface area contributed by atoms with Crippen molar-refractivity contribution in [3.8, 4) is 0 Å². The number of amides is 2. The van der Waals surface area contributed by atoms with Crippen LogP contribution in [-0.4, -0.2) is 48.8 Å². The van der Waals surface area contributed by atoms with E-state index < -0.39 is 17.7 Å². The van der Waals surface area contributed by atoms with Crippen molar-refractivity contribution in [3.63, 3.8) is 0 Å². The first-order chi connectivity index (χ1) is 12.1. The summed E-state index contributed by atoms with van der Waals surface area (Å²) >= 11 is 0. The zero-order valence-corrected chi connectivity index (χ0v) is 16.4. The van der Waals surface area contributed by atoms with Crippen LogP contribution in [0, 0.1) is 6.92 Å². The Morgan fingerprint density at radius 2 is 1.73 bits per heavy atom. The highest BCUT2D eigenvalue weighted by Crippen LogP contribution is 2.21. The molecular formula is C18H29N3O5. The van der Waals surface area contributed by atoms with Crippen LogP contribution in [0.15, 0.2) is 0 Å². The summed E-state index contributed by atoms with van der Waals surface area (Å²) in [6, 6.07) is 0. The summed E-state index contributed by atoms with van der Waals surface area (Å²) < 4.78 is 9.93. The molecule has 0 atom stereocenters. The molecule has 3 N–H and O–H groups in total. The average Bonchev–Trinajstić information content (AvgIpc) is 2.86. The van der Waals surface area contributed by atoms with Gasteiger partial charge in [0.2, 0.25) is 0 Å². The molecule has 0 radical (unpaired) electrons. The van der Waals surface area contributed by atoms with Crippen molar-refractivity contribution in [2.45, 2.75) is 53.1 Å². The van der Waals surface area contributed by atoms with Crippen LogP contribution < -0.4 is 10.6 Å². The number of nitrogens with one attached hydrogen (secondary N) is 3. The molecule has 0 saturated carbocycles. The number of aromatic amines is 1. The first kappa shape index (κ1) is 21.5. The maximum absolute atomic E-state index is 12.5. The lowest BCUT2D eigenvalue weighted by molar-refractivity contribution is 0.0525. The number of H-pyrrole nitrogens is 1. The molecule has 0 aliphatic carbocycles. The van der Waals surface area contributed by atoms with E-state index >= 15 is 0 Å². The maximum Gasteiger partial charge on any atom is 0.407 e. The second kappa shape index (κ2) is 9.26. The Bertz CT molecular complexity index is 659. The zero-order valence-electron chi connectivity index (χ0n) is 16.4. The van der Waals surface area contributed by atoms with Gasteiger partial charge in [-0.25, -0.2) is 9.59 Å². The molecule has 0 aromatic carbocycles. The smallest absolute Gasteiger partial charge is 0.407 e. The number of carbonyl (C=O) groups is 3. The van der Waals surface area contributed by atoms with E-state index in [0.717, 1.165) is 6.42 Å². The van der Waals surface area contributed by atoms with Crippen molar-refractivity contribution in [2.24, 2.45) is 0 Å². The Hall–Kier alpha value is -2.51. The van der Waals surface area contributed by atoms with Crippen molar-refractivity contribution in [3.05, 3.63) is 22.5 Å². The average molecular weight is 367 g/mol. The Morgan fingerprint density at radius 3 is 2.27 bits per heavy atom. The molecule has 0 bridgehead atoms. The molecule has 2 amide bonds. The number of esters is 1. The molecule has 146 valence electrons. The van der Waals surface area contributed by atoms with Crippen LogP contribution in [0.3, 0.4) is 0 Å². The summed E-state index contributed by atoms with van der Waals surface area (Å²) in [5, 5.41) is 5.29. The molecule has 8 nitrogen and oxygen atoms in total. The fraction of sp³-hybridized carbons (Fsp3) is 0.611. The molecule has 0 fully saturated rings. The zero-order chi connectivity index (χ0) is 19.9. The molecule has 1 heterocycles. The van der Waals surface area contributed by atoms with E-state index in [1.54, 1.807) is 27.7 Å². The minimum Gasteiger partial charge on any atom is -0.465 e. The standard InChI is InChI=1S/C18H29N3O5/c1-7-8-12-13(16(23)25-6)11(2)21-14(12)15(22)19-9-10-20-17(24)26-18(3,4)5/h21H,7-10H2,1-6H3,(H,19,22)(H,20,24). The van der Waals surface area contributed by atoms with Crippen LogP contribution in [0.2, 0.25) is 0 Å². The van der Waals surface area contributed by atoms with Crippen molar-refractivity contribution >= 4 is 18.0 Å². The van der Waals surface area contributed by atoms with E-state index in [-0.39, 0.29) is 19.0 Å². The molecule has 0 aliphatic heterocycles. The topological polar surface area (TPSA) is 110 Å². The normalized spacial score (nSPS) is 11.0. The van der Waals surface area contributed by atoms with Gasteiger partial charge in [0.15, 0.2) is 0 Å². The summed E-state index contributed by atoms with van der Waals surface area (Å²) in [4.78, 5) is 39.0. The molecule has 1 aromatic rings. The van der Waals surface area contributed by atoms with Gasteiger partial charge in [-0.2, -0.15) is 0 Å². The van der Waals surface area contributed by atoms with Crippen LogP contribution in [0.25, 0.3) is 0 Å². The lowest BCUT2D eigenvalue weighted by Gasteiger charge is -2.19. The van der Waals surface area contributed by atoms with Crippen molar-refractivity contribution in [1.29, 1.82) is 0 Å². The summed E-state index contributed by atoms with van der Waals surface area (Å²) in [5.74, 6) is -0.800. The van der Waals surface area contributed by atoms with Crippen LogP contribution in [0.1, 0.15) is 66.2 Å². The molecule has 0 aliphatic rings. The third-order valence-electron chi connectivity index (χ3n) is 3.49. The largest absolute Gasteiger partial charge is 0.465 e. The van der Waals surface area contributed by atoms with Gasteiger partial charge >= 0.3 is 12.1 Å². The van der Waals surface area contributed by atoms with Crippen LogP contribution in [0.4, 0.5) is 4.79 Å². The predicted molar refractivity (Wildman–Crippen MR) is 97.4 cm³/mol. The number of alkyl carbamates (subject to hydrolysis) is 1. The van der Waals surface area contributed by atoms with Crippen molar-refractivity contribution in [1.82, 2.24) is 15.6 Å². The van der Waals surface area contributed by atoms with Crippen molar-refractivity contribution in [2.75, 3.05) is 20.2 Å². The lowest BCUT2D eigenvalue weighted by Crippen LogP contribution is -2.38. The number of methoxy groups -OCH3 is 1. The van der Waals surface area contributed by atoms with Gasteiger partial charge in [0, 0.05) is 18.8 Å². The van der Waals surface area contributed by atoms with E-state index in [2.05, 4.69) is 15.6 Å². The van der Waals surface area contributed by atoms with Crippen LogP contribution in [-0.2, 0) is 15.9 Å². The quantitative estimate of drug-likeness (QED) is 0.506.